The molecule has 6 nitrogen and oxygen atoms in total. The Morgan fingerprint density at radius 2 is 1.81 bits per heavy atom. The smallest absolute Gasteiger partial charge is 0.326 e. The third-order valence-electron chi connectivity index (χ3n) is 6.90. The topological polar surface area (TPSA) is 77.9 Å². The van der Waals surface area contributed by atoms with Crippen molar-refractivity contribution in [2.75, 3.05) is 19.6 Å². The van der Waals surface area contributed by atoms with E-state index in [0.29, 0.717) is 38.9 Å². The van der Waals surface area contributed by atoms with Crippen LogP contribution in [0.15, 0.2) is 30.3 Å². The molecule has 31 heavy (non-hydrogen) atoms. The zero-order valence-electron chi connectivity index (χ0n) is 18.7. The number of unbranched alkanes of at least 4 members (excludes halogenated alkanes) is 4. The highest BCUT2D eigenvalue weighted by atomic mass is 16.4. The van der Waals surface area contributed by atoms with E-state index < -0.39 is 17.4 Å². The lowest BCUT2D eigenvalue weighted by Gasteiger charge is -2.39. The molecule has 3 rings (SSSR count). The number of hydrogen-bond donors (Lipinski definition) is 1. The number of rotatable bonds is 10. The van der Waals surface area contributed by atoms with Crippen LogP contribution in [0.2, 0.25) is 0 Å². The summed E-state index contributed by atoms with van der Waals surface area (Å²) in [6.07, 6.45) is 8.55. The minimum Gasteiger partial charge on any atom is -0.480 e. The lowest BCUT2D eigenvalue weighted by molar-refractivity contribution is -0.153. The third kappa shape index (κ3) is 5.66. The van der Waals surface area contributed by atoms with E-state index in [9.17, 15) is 19.5 Å². The number of aliphatic carboxylic acids is 1. The highest BCUT2D eigenvalue weighted by Gasteiger charge is 2.52. The molecule has 1 aromatic carbocycles. The number of amides is 2. The van der Waals surface area contributed by atoms with Crippen LogP contribution < -0.4 is 0 Å². The normalized spacial score (nSPS) is 22.2. The van der Waals surface area contributed by atoms with Crippen LogP contribution in [0.3, 0.4) is 0 Å². The highest BCUT2D eigenvalue weighted by Crippen LogP contribution is 2.41. The first-order chi connectivity index (χ1) is 15.0. The van der Waals surface area contributed by atoms with Crippen molar-refractivity contribution in [2.45, 2.75) is 77.2 Å². The van der Waals surface area contributed by atoms with Crippen molar-refractivity contribution in [1.29, 1.82) is 0 Å². The Balaban J connectivity index is 1.62. The van der Waals surface area contributed by atoms with Gasteiger partial charge in [0.05, 0.1) is 5.41 Å². The second kappa shape index (κ2) is 10.8. The second-order valence-electron chi connectivity index (χ2n) is 9.16. The van der Waals surface area contributed by atoms with Gasteiger partial charge in [0.1, 0.15) is 6.04 Å². The lowest BCUT2D eigenvalue weighted by Crippen LogP contribution is -2.52. The third-order valence-corrected chi connectivity index (χ3v) is 6.90. The minimum absolute atomic E-state index is 0.0868. The van der Waals surface area contributed by atoms with E-state index >= 15 is 0 Å². The number of nitrogens with zero attached hydrogens (tertiary/aromatic N) is 2. The first-order valence-electron chi connectivity index (χ1n) is 11.8. The number of carbonyl (C=O) groups is 3. The monoisotopic (exact) mass is 428 g/mol. The zero-order valence-corrected chi connectivity index (χ0v) is 18.7. The van der Waals surface area contributed by atoms with Gasteiger partial charge in [-0.1, -0.05) is 62.9 Å². The Kier molecular flexibility index (Phi) is 8.10. The average molecular weight is 429 g/mol. The molecule has 0 aliphatic carbocycles. The molecule has 0 bridgehead atoms. The van der Waals surface area contributed by atoms with Crippen LogP contribution in [-0.2, 0) is 20.8 Å². The zero-order chi connectivity index (χ0) is 22.3. The number of piperidine rings is 1. The van der Waals surface area contributed by atoms with Crippen molar-refractivity contribution in [3.8, 4) is 0 Å². The lowest BCUT2D eigenvalue weighted by atomic mass is 9.78. The van der Waals surface area contributed by atoms with Gasteiger partial charge in [0.15, 0.2) is 0 Å². The fraction of sp³-hybridized carbons (Fsp3) is 0.640. The molecule has 2 atom stereocenters. The number of benzene rings is 1. The van der Waals surface area contributed by atoms with E-state index in [2.05, 4.69) is 6.92 Å². The fourth-order valence-corrected chi connectivity index (χ4v) is 5.07. The maximum atomic E-state index is 13.4. The molecule has 2 amide bonds. The van der Waals surface area contributed by atoms with Gasteiger partial charge in [-0.05, 0) is 31.2 Å². The predicted octanol–water partition coefficient (Wildman–Crippen LogP) is 3.88. The quantitative estimate of drug-likeness (QED) is 0.574. The van der Waals surface area contributed by atoms with Crippen molar-refractivity contribution in [3.63, 3.8) is 0 Å². The van der Waals surface area contributed by atoms with E-state index in [0.717, 1.165) is 31.2 Å². The standard InChI is InChI=1S/C25H36N2O4/c1-2-3-4-5-9-13-22(28)26-16-10-14-25(19-26)15-17-27(24(25)31)21(23(29)30)18-20-11-7-6-8-12-20/h6-8,11-12,21H,2-5,9-10,13-19H2,1H3,(H,29,30). The van der Waals surface area contributed by atoms with Gasteiger partial charge >= 0.3 is 5.97 Å². The van der Waals surface area contributed by atoms with Gasteiger partial charge in [-0.25, -0.2) is 4.79 Å². The fourth-order valence-electron chi connectivity index (χ4n) is 5.07. The summed E-state index contributed by atoms with van der Waals surface area (Å²) in [5, 5.41) is 9.84. The highest BCUT2D eigenvalue weighted by molar-refractivity contribution is 5.90. The summed E-state index contributed by atoms with van der Waals surface area (Å²) in [5.41, 5.74) is 0.299. The first-order valence-corrected chi connectivity index (χ1v) is 11.8. The van der Waals surface area contributed by atoms with Gasteiger partial charge in [0.2, 0.25) is 11.8 Å². The van der Waals surface area contributed by atoms with E-state index in [4.69, 9.17) is 0 Å². The molecule has 0 saturated carbocycles. The van der Waals surface area contributed by atoms with E-state index in [1.54, 1.807) is 4.90 Å². The second-order valence-corrected chi connectivity index (χ2v) is 9.16. The van der Waals surface area contributed by atoms with Crippen LogP contribution in [0.5, 0.6) is 0 Å². The number of likely N-dealkylation sites (tertiary alicyclic amines) is 2. The van der Waals surface area contributed by atoms with Crippen molar-refractivity contribution in [2.24, 2.45) is 5.41 Å². The maximum Gasteiger partial charge on any atom is 0.326 e. The Morgan fingerprint density at radius 1 is 1.06 bits per heavy atom. The van der Waals surface area contributed by atoms with Gasteiger partial charge in [0, 0.05) is 32.5 Å². The molecule has 6 heteroatoms. The average Bonchev–Trinajstić information content (AvgIpc) is 3.07. The molecule has 0 aromatic heterocycles. The minimum atomic E-state index is -0.968. The van der Waals surface area contributed by atoms with Crippen molar-refractivity contribution < 1.29 is 19.5 Å². The number of hydrogen-bond acceptors (Lipinski definition) is 3. The van der Waals surface area contributed by atoms with Gasteiger partial charge in [-0.3, -0.25) is 9.59 Å². The summed E-state index contributed by atoms with van der Waals surface area (Å²) in [6.45, 7) is 3.76. The van der Waals surface area contributed by atoms with Crippen LogP contribution in [0, 0.1) is 5.41 Å². The van der Waals surface area contributed by atoms with Crippen LogP contribution in [0.4, 0.5) is 0 Å². The van der Waals surface area contributed by atoms with E-state index in [-0.39, 0.29) is 11.8 Å². The molecule has 0 radical (unpaired) electrons. The van der Waals surface area contributed by atoms with Crippen LogP contribution in [-0.4, -0.2) is 58.4 Å². The summed E-state index contributed by atoms with van der Waals surface area (Å²) in [7, 11) is 0. The molecule has 1 spiro atoms. The molecule has 2 saturated heterocycles. The van der Waals surface area contributed by atoms with Crippen LogP contribution >= 0.6 is 0 Å². The molecular weight excluding hydrogens is 392 g/mol. The van der Waals surface area contributed by atoms with Gasteiger partial charge in [-0.2, -0.15) is 0 Å². The molecular formula is C25H36N2O4. The SMILES string of the molecule is CCCCCCCC(=O)N1CCCC2(CCN(C(Cc3ccccc3)C(=O)O)C2=O)C1. The Bertz CT molecular complexity index is 766. The number of carboxylic acids is 1. The molecule has 2 heterocycles. The van der Waals surface area contributed by atoms with Crippen LogP contribution in [0.1, 0.15) is 70.3 Å². The molecule has 1 N–H and O–H groups in total. The van der Waals surface area contributed by atoms with Gasteiger partial charge in [-0.15, -0.1) is 0 Å². The Hall–Kier alpha value is -2.37. The summed E-state index contributed by atoms with van der Waals surface area (Å²) in [5.74, 6) is -0.915. The van der Waals surface area contributed by atoms with Crippen molar-refractivity contribution >= 4 is 17.8 Å². The number of carbonyl (C=O) groups excluding carboxylic acids is 2. The van der Waals surface area contributed by atoms with E-state index in [1.807, 2.05) is 35.2 Å². The Morgan fingerprint density at radius 3 is 2.52 bits per heavy atom. The summed E-state index contributed by atoms with van der Waals surface area (Å²) in [4.78, 5) is 41.6. The summed E-state index contributed by atoms with van der Waals surface area (Å²) >= 11 is 0. The largest absolute Gasteiger partial charge is 0.480 e. The van der Waals surface area contributed by atoms with E-state index in [1.165, 1.54) is 19.3 Å². The molecule has 1 aromatic rings. The molecule has 170 valence electrons. The number of carboxylic acid groups (broad SMARTS) is 1. The first kappa shape index (κ1) is 23.3. The predicted molar refractivity (Wildman–Crippen MR) is 120 cm³/mol. The van der Waals surface area contributed by atoms with Crippen LogP contribution in [0.25, 0.3) is 0 Å². The van der Waals surface area contributed by atoms with Crippen molar-refractivity contribution in [3.05, 3.63) is 35.9 Å². The van der Waals surface area contributed by atoms with Gasteiger partial charge < -0.3 is 14.9 Å². The summed E-state index contributed by atoms with van der Waals surface area (Å²) < 4.78 is 0. The van der Waals surface area contributed by atoms with Gasteiger partial charge in [0.25, 0.3) is 0 Å². The Labute approximate surface area is 185 Å². The molecule has 2 unspecified atom stereocenters. The van der Waals surface area contributed by atoms with Crippen molar-refractivity contribution in [1.82, 2.24) is 9.80 Å². The molecule has 2 fully saturated rings. The molecule has 2 aliphatic heterocycles. The maximum absolute atomic E-state index is 13.4. The molecule has 2 aliphatic rings. The summed E-state index contributed by atoms with van der Waals surface area (Å²) in [6, 6.07) is 8.59.